The first-order valence-corrected chi connectivity index (χ1v) is 6.58. The molecule has 0 unspecified atom stereocenters. The Morgan fingerprint density at radius 1 is 1.05 bits per heavy atom. The van der Waals surface area contributed by atoms with Crippen LogP contribution in [0.25, 0.3) is 5.57 Å². The third-order valence-corrected chi connectivity index (χ3v) is 2.69. The molecule has 0 atom stereocenters. The first-order chi connectivity index (χ1) is 9.02. The summed E-state index contributed by atoms with van der Waals surface area (Å²) < 4.78 is 0. The topological polar surface area (TPSA) is 20.2 Å². The fourth-order valence-corrected chi connectivity index (χ4v) is 1.69. The van der Waals surface area contributed by atoms with Gasteiger partial charge in [-0.15, -0.1) is 66.3 Å². The molecule has 0 bridgehead atoms. The van der Waals surface area contributed by atoms with E-state index in [1.807, 2.05) is 12.1 Å². The summed E-state index contributed by atoms with van der Waals surface area (Å²) in [6, 6.07) is 11.5. The minimum Gasteiger partial charge on any atom is -0.400 e. The number of halogens is 2. The van der Waals surface area contributed by atoms with E-state index in [4.69, 9.17) is 5.11 Å². The van der Waals surface area contributed by atoms with E-state index in [9.17, 15) is 0 Å². The van der Waals surface area contributed by atoms with Crippen molar-refractivity contribution in [3.8, 4) is 0 Å². The summed E-state index contributed by atoms with van der Waals surface area (Å²) in [6.07, 6.45) is 3.35. The molecule has 1 N–H and O–H groups in total. The summed E-state index contributed by atoms with van der Waals surface area (Å²) >= 11 is 0. The van der Waals surface area contributed by atoms with Gasteiger partial charge in [0.05, 0.1) is 0 Å². The molecule has 0 saturated heterocycles. The molecule has 1 aliphatic rings. The van der Waals surface area contributed by atoms with Gasteiger partial charge in [0.15, 0.2) is 0 Å². The maximum absolute atomic E-state index is 7.00. The van der Waals surface area contributed by atoms with Crippen molar-refractivity contribution >= 4 is 30.4 Å². The first kappa shape index (κ1) is 29.9. The van der Waals surface area contributed by atoms with E-state index in [1.54, 1.807) is 0 Å². The fraction of sp³-hybridized carbons (Fsp3) is 0.389. The van der Waals surface area contributed by atoms with Crippen LogP contribution in [-0.2, 0) is 21.7 Å². The van der Waals surface area contributed by atoms with Crippen LogP contribution in [0, 0.1) is 12.0 Å². The average Bonchev–Trinajstić information content (AvgIpc) is 2.73. The number of aliphatic hydroxyl groups is 1. The fourth-order valence-electron chi connectivity index (χ4n) is 1.69. The van der Waals surface area contributed by atoms with Crippen LogP contribution in [0.15, 0.2) is 41.5 Å². The Bertz CT molecular complexity index is 423. The zero-order valence-corrected chi connectivity index (χ0v) is 17.6. The summed E-state index contributed by atoms with van der Waals surface area (Å²) in [5.41, 5.74) is 5.50. The van der Waals surface area contributed by atoms with Gasteiger partial charge in [-0.25, -0.2) is 0 Å². The molecule has 0 amide bonds. The molecule has 0 fully saturated rings. The quantitative estimate of drug-likeness (QED) is 0.492. The van der Waals surface area contributed by atoms with E-state index in [0.717, 1.165) is 13.5 Å². The van der Waals surface area contributed by atoms with E-state index in [1.165, 1.54) is 28.2 Å². The van der Waals surface area contributed by atoms with Gasteiger partial charge in [0.25, 0.3) is 0 Å². The van der Waals surface area contributed by atoms with Crippen LogP contribution in [0.5, 0.6) is 0 Å². The van der Waals surface area contributed by atoms with Crippen molar-refractivity contribution in [2.45, 2.75) is 41.0 Å². The third kappa shape index (κ3) is 11.5. The minimum absolute atomic E-state index is 0. The minimum atomic E-state index is 0. The molecular weight excluding hydrogens is 351 g/mol. The van der Waals surface area contributed by atoms with Crippen molar-refractivity contribution < 1.29 is 26.8 Å². The summed E-state index contributed by atoms with van der Waals surface area (Å²) in [6.45, 7) is 10.6. The van der Waals surface area contributed by atoms with Gasteiger partial charge in [-0.2, -0.15) is 20.8 Å². The third-order valence-electron chi connectivity index (χ3n) is 2.69. The van der Waals surface area contributed by atoms with Crippen molar-refractivity contribution in [3.63, 3.8) is 0 Å². The molecule has 2 rings (SSSR count). The van der Waals surface area contributed by atoms with Crippen molar-refractivity contribution in [1.29, 1.82) is 0 Å². The molecule has 1 nitrogen and oxygen atoms in total. The van der Waals surface area contributed by atoms with Gasteiger partial charge >= 0.3 is 21.7 Å². The van der Waals surface area contributed by atoms with Crippen LogP contribution in [0.2, 0.25) is 0 Å². The SMILES string of the molecule is CC1=CCC(c2[c-]cccc2)=C1C.CO.C[C-](C)C.Cl.Cl.[Ti+2]. The molecule has 1 aromatic carbocycles. The standard InChI is InChI=1S/C13H13.C4H9.CH4O.2ClH.Ti/c1-10-8-9-13(11(10)2)12-6-4-3-5-7-12;1-4(2)3;1-2;;;/h3-6,8H,9H2,1-2H3;1-3H3;2H,1H3;2*1H;/q2*-1;;;;+2. The molecule has 0 heterocycles. The summed E-state index contributed by atoms with van der Waals surface area (Å²) in [5, 5.41) is 7.00. The van der Waals surface area contributed by atoms with E-state index in [-0.39, 0.29) is 46.5 Å². The van der Waals surface area contributed by atoms with Gasteiger partial charge in [0, 0.05) is 7.11 Å². The Labute approximate surface area is 164 Å². The second-order valence-electron chi connectivity index (χ2n) is 4.97. The molecule has 0 spiro atoms. The van der Waals surface area contributed by atoms with Gasteiger partial charge in [-0.1, -0.05) is 17.2 Å². The Morgan fingerprint density at radius 3 is 1.86 bits per heavy atom. The molecule has 4 heteroatoms. The normalized spacial score (nSPS) is 11.5. The number of aliphatic hydroxyl groups excluding tert-OH is 1. The first-order valence-electron chi connectivity index (χ1n) is 6.58. The van der Waals surface area contributed by atoms with Gasteiger partial charge in [0.1, 0.15) is 0 Å². The predicted octanol–water partition coefficient (Wildman–Crippen LogP) is 5.68. The number of rotatable bonds is 1. The number of allylic oxidation sites excluding steroid dienone is 4. The van der Waals surface area contributed by atoms with Crippen LogP contribution >= 0.6 is 24.8 Å². The molecule has 22 heavy (non-hydrogen) atoms. The molecule has 0 saturated carbocycles. The maximum Gasteiger partial charge on any atom is 2.00 e. The van der Waals surface area contributed by atoms with Crippen molar-refractivity contribution in [2.24, 2.45) is 0 Å². The zero-order chi connectivity index (χ0) is 14.8. The zero-order valence-electron chi connectivity index (χ0n) is 14.4. The monoisotopic (exact) mass is 378 g/mol. The van der Waals surface area contributed by atoms with Crippen LogP contribution < -0.4 is 0 Å². The van der Waals surface area contributed by atoms with E-state index in [2.05, 4.69) is 58.9 Å². The molecule has 1 aliphatic carbocycles. The molecule has 124 valence electrons. The van der Waals surface area contributed by atoms with Crippen LogP contribution in [0.4, 0.5) is 0 Å². The van der Waals surface area contributed by atoms with Crippen molar-refractivity contribution in [1.82, 2.24) is 0 Å². The molecule has 0 aromatic heterocycles. The number of benzene rings is 1. The van der Waals surface area contributed by atoms with Crippen LogP contribution in [0.1, 0.15) is 46.6 Å². The Hall–Kier alpha value is -0.0457. The van der Waals surface area contributed by atoms with Gasteiger partial charge in [-0.05, 0) is 20.3 Å². The van der Waals surface area contributed by atoms with Crippen molar-refractivity contribution in [2.75, 3.05) is 7.11 Å². The Morgan fingerprint density at radius 2 is 1.55 bits per heavy atom. The van der Waals surface area contributed by atoms with Crippen LogP contribution in [-0.4, -0.2) is 12.2 Å². The number of hydrogen-bond acceptors (Lipinski definition) is 1. The maximum atomic E-state index is 7.00. The van der Waals surface area contributed by atoms with Gasteiger partial charge in [0.2, 0.25) is 0 Å². The average molecular weight is 379 g/mol. The van der Waals surface area contributed by atoms with Gasteiger partial charge in [-0.3, -0.25) is 0 Å². The molecule has 1 aromatic rings. The largest absolute Gasteiger partial charge is 2.00 e. The summed E-state index contributed by atoms with van der Waals surface area (Å²) in [7, 11) is 1.00. The summed E-state index contributed by atoms with van der Waals surface area (Å²) in [4.78, 5) is 0. The Balaban J connectivity index is -0.000000159. The van der Waals surface area contributed by atoms with Gasteiger partial charge < -0.3 is 11.0 Å². The second kappa shape index (κ2) is 17.3. The predicted molar refractivity (Wildman–Crippen MR) is 99.1 cm³/mol. The van der Waals surface area contributed by atoms with E-state index < -0.39 is 0 Å². The second-order valence-corrected chi connectivity index (χ2v) is 4.97. The van der Waals surface area contributed by atoms with E-state index in [0.29, 0.717) is 0 Å². The van der Waals surface area contributed by atoms with E-state index >= 15 is 0 Å². The molecule has 0 radical (unpaired) electrons. The molecule has 0 aliphatic heterocycles. The van der Waals surface area contributed by atoms with Crippen LogP contribution in [0.3, 0.4) is 0 Å². The number of hydrogen-bond donors (Lipinski definition) is 1. The molecular formula is C18H28Cl2OTi. The Kier molecular flexibility index (Phi) is 23.5. The summed E-state index contributed by atoms with van der Waals surface area (Å²) in [5.74, 6) is 1.42. The van der Waals surface area contributed by atoms with Crippen molar-refractivity contribution in [3.05, 3.63) is 59.0 Å². The smallest absolute Gasteiger partial charge is 0.400 e.